The lowest BCUT2D eigenvalue weighted by Gasteiger charge is -2.10. The van der Waals surface area contributed by atoms with Crippen LogP contribution in [0.3, 0.4) is 0 Å². The van der Waals surface area contributed by atoms with Gasteiger partial charge in [-0.2, -0.15) is 5.26 Å². The smallest absolute Gasteiger partial charge is 0.236 e. The molecule has 1 amide bonds. The van der Waals surface area contributed by atoms with Gasteiger partial charge in [0.05, 0.1) is 5.75 Å². The van der Waals surface area contributed by atoms with Crippen LogP contribution in [0.25, 0.3) is 5.69 Å². The van der Waals surface area contributed by atoms with E-state index in [-0.39, 0.29) is 11.7 Å². The Hall–Kier alpha value is -2.54. The summed E-state index contributed by atoms with van der Waals surface area (Å²) >= 11 is 7.80. The zero-order valence-corrected chi connectivity index (χ0v) is 17.0. The van der Waals surface area contributed by atoms with Crippen molar-refractivity contribution in [2.75, 3.05) is 11.1 Å². The predicted octanol–water partition coefficient (Wildman–Crippen LogP) is 4.28. The Bertz CT molecular complexity index is 1060. The minimum absolute atomic E-state index is 0.130. The van der Waals surface area contributed by atoms with Crippen molar-refractivity contribution in [3.63, 3.8) is 0 Å². The topological polar surface area (TPSA) is 83.6 Å². The minimum Gasteiger partial charge on any atom is -0.309 e. The molecule has 0 aliphatic rings. The minimum atomic E-state index is -0.253. The number of hydrogen-bond donors (Lipinski definition) is 1. The van der Waals surface area contributed by atoms with Gasteiger partial charge in [-0.3, -0.25) is 9.36 Å². The fraction of sp³-hybridized carbons (Fsp3) is 0.167. The molecule has 3 rings (SSSR count). The van der Waals surface area contributed by atoms with Crippen molar-refractivity contribution < 1.29 is 4.79 Å². The number of nitrogens with zero attached hydrogens (tertiary/aromatic N) is 4. The first-order valence-electron chi connectivity index (χ1n) is 7.94. The van der Waals surface area contributed by atoms with Crippen LogP contribution in [0.2, 0.25) is 0 Å². The molecule has 0 bridgehead atoms. The van der Waals surface area contributed by atoms with E-state index in [1.54, 1.807) is 4.57 Å². The molecule has 0 saturated heterocycles. The zero-order valence-electron chi connectivity index (χ0n) is 14.6. The number of hydrogen-bond acceptors (Lipinski definition) is 7. The second-order valence-electron chi connectivity index (χ2n) is 5.60. The second-order valence-corrected chi connectivity index (χ2v) is 8.19. The van der Waals surface area contributed by atoms with Crippen LogP contribution in [-0.2, 0) is 4.79 Å². The number of rotatable bonds is 5. The molecule has 27 heavy (non-hydrogen) atoms. The summed E-state index contributed by atoms with van der Waals surface area (Å²) in [6, 6.07) is 13.4. The van der Waals surface area contributed by atoms with Crippen molar-refractivity contribution in [1.29, 1.82) is 5.26 Å². The molecule has 0 radical (unpaired) electrons. The van der Waals surface area contributed by atoms with Crippen LogP contribution >= 0.6 is 35.3 Å². The van der Waals surface area contributed by atoms with Crippen LogP contribution in [0.1, 0.15) is 16.3 Å². The number of nitriles is 1. The molecule has 1 aromatic carbocycles. The highest BCUT2D eigenvalue weighted by Gasteiger charge is 2.17. The lowest BCUT2D eigenvalue weighted by atomic mass is 10.3. The number of carbonyl (C=O) groups excluding carboxylic acids is 1. The molecule has 2 heterocycles. The molecular formula is C18H15N5OS3. The van der Waals surface area contributed by atoms with Crippen LogP contribution in [-0.4, -0.2) is 26.2 Å². The molecule has 0 aliphatic heterocycles. The number of carbonyl (C=O) groups is 1. The molecule has 9 heteroatoms. The molecule has 1 N–H and O–H groups in total. The maximum atomic E-state index is 12.5. The van der Waals surface area contributed by atoms with E-state index in [1.807, 2.05) is 50.2 Å². The first-order chi connectivity index (χ1) is 13.0. The summed E-state index contributed by atoms with van der Waals surface area (Å²) in [6.45, 7) is 3.77. The number of nitrogens with one attached hydrogen (secondary N) is 1. The molecular weight excluding hydrogens is 398 g/mol. The number of aromatic nitrogens is 3. The molecule has 3 aromatic rings. The van der Waals surface area contributed by atoms with Crippen molar-refractivity contribution in [1.82, 2.24) is 14.5 Å². The molecule has 2 aromatic heterocycles. The molecule has 136 valence electrons. The molecule has 0 spiro atoms. The Balaban J connectivity index is 1.82. The van der Waals surface area contributed by atoms with E-state index >= 15 is 0 Å². The fourth-order valence-electron chi connectivity index (χ4n) is 2.43. The van der Waals surface area contributed by atoms with Crippen LogP contribution < -0.4 is 5.32 Å². The Kier molecular flexibility index (Phi) is 6.01. The maximum Gasteiger partial charge on any atom is 0.236 e. The fourth-order valence-corrected chi connectivity index (χ4v) is 4.37. The SMILES string of the molecule is Cc1cc(C)nc(SCC(=O)Nc2c(C#N)sc(=S)n2-c2ccccc2)n1. The molecule has 0 aliphatic carbocycles. The second kappa shape index (κ2) is 8.43. The summed E-state index contributed by atoms with van der Waals surface area (Å²) in [6.07, 6.45) is 0. The van der Waals surface area contributed by atoms with Gasteiger partial charge in [-0.1, -0.05) is 41.3 Å². The van der Waals surface area contributed by atoms with Crippen molar-refractivity contribution >= 4 is 47.0 Å². The number of anilines is 1. The average Bonchev–Trinajstić information content (AvgIpc) is 2.95. The first kappa shape index (κ1) is 19.2. The van der Waals surface area contributed by atoms with Crippen LogP contribution in [0.4, 0.5) is 5.82 Å². The van der Waals surface area contributed by atoms with Gasteiger partial charge in [-0.05, 0) is 44.3 Å². The summed E-state index contributed by atoms with van der Waals surface area (Å²) < 4.78 is 2.20. The number of aryl methyl sites for hydroxylation is 2. The number of amides is 1. The van der Waals surface area contributed by atoms with Gasteiger partial charge in [0.15, 0.2) is 9.11 Å². The van der Waals surface area contributed by atoms with Gasteiger partial charge in [0, 0.05) is 17.1 Å². The van der Waals surface area contributed by atoms with Crippen molar-refractivity contribution in [2.24, 2.45) is 0 Å². The predicted molar refractivity (Wildman–Crippen MR) is 110 cm³/mol. The third-order valence-electron chi connectivity index (χ3n) is 3.48. The molecule has 0 unspecified atom stereocenters. The van der Waals surface area contributed by atoms with E-state index in [2.05, 4.69) is 21.4 Å². The van der Waals surface area contributed by atoms with E-state index in [0.29, 0.717) is 19.8 Å². The van der Waals surface area contributed by atoms with Gasteiger partial charge in [-0.15, -0.1) is 0 Å². The third-order valence-corrected chi connectivity index (χ3v) is 5.60. The molecule has 0 saturated carbocycles. The average molecular weight is 414 g/mol. The number of thioether (sulfide) groups is 1. The Morgan fingerprint density at radius 1 is 1.30 bits per heavy atom. The number of benzene rings is 1. The van der Waals surface area contributed by atoms with Crippen LogP contribution in [0.5, 0.6) is 0 Å². The lowest BCUT2D eigenvalue weighted by Crippen LogP contribution is -2.17. The van der Waals surface area contributed by atoms with Gasteiger partial charge in [0.1, 0.15) is 16.8 Å². The summed E-state index contributed by atoms with van der Waals surface area (Å²) in [4.78, 5) is 21.5. The molecule has 0 fully saturated rings. The Morgan fingerprint density at radius 2 is 1.96 bits per heavy atom. The highest BCUT2D eigenvalue weighted by Crippen LogP contribution is 2.28. The third kappa shape index (κ3) is 4.60. The highest BCUT2D eigenvalue weighted by molar-refractivity contribution is 7.99. The quantitative estimate of drug-likeness (QED) is 0.382. The van der Waals surface area contributed by atoms with Gasteiger partial charge in [0.2, 0.25) is 5.91 Å². The number of thiazole rings is 1. The summed E-state index contributed by atoms with van der Waals surface area (Å²) in [5.74, 6) is 0.271. The van der Waals surface area contributed by atoms with Crippen molar-refractivity contribution in [3.05, 3.63) is 56.6 Å². The zero-order chi connectivity index (χ0) is 19.4. The first-order valence-corrected chi connectivity index (χ1v) is 10.2. The van der Waals surface area contributed by atoms with Crippen molar-refractivity contribution in [3.8, 4) is 11.8 Å². The van der Waals surface area contributed by atoms with Crippen LogP contribution in [0.15, 0.2) is 41.6 Å². The van der Waals surface area contributed by atoms with Crippen molar-refractivity contribution in [2.45, 2.75) is 19.0 Å². The van der Waals surface area contributed by atoms with Gasteiger partial charge in [0.25, 0.3) is 0 Å². The van der Waals surface area contributed by atoms with Gasteiger partial charge >= 0.3 is 0 Å². The summed E-state index contributed by atoms with van der Waals surface area (Å²) in [7, 11) is 0. The van der Waals surface area contributed by atoms with E-state index in [0.717, 1.165) is 17.1 Å². The van der Waals surface area contributed by atoms with Crippen LogP contribution in [0, 0.1) is 29.1 Å². The van der Waals surface area contributed by atoms with Gasteiger partial charge < -0.3 is 5.32 Å². The summed E-state index contributed by atoms with van der Waals surface area (Å²) in [5.41, 5.74) is 2.50. The van der Waals surface area contributed by atoms with E-state index in [1.165, 1.54) is 23.1 Å². The summed E-state index contributed by atoms with van der Waals surface area (Å²) in [5, 5.41) is 12.8. The largest absolute Gasteiger partial charge is 0.309 e. The highest BCUT2D eigenvalue weighted by atomic mass is 32.2. The van der Waals surface area contributed by atoms with Gasteiger partial charge in [-0.25, -0.2) is 9.97 Å². The molecule has 0 atom stereocenters. The van der Waals surface area contributed by atoms with E-state index in [9.17, 15) is 10.1 Å². The maximum absolute atomic E-state index is 12.5. The monoisotopic (exact) mass is 413 g/mol. The Morgan fingerprint density at radius 3 is 2.59 bits per heavy atom. The Labute approximate surface area is 169 Å². The normalized spacial score (nSPS) is 10.4. The van der Waals surface area contributed by atoms with E-state index in [4.69, 9.17) is 12.2 Å². The number of para-hydroxylation sites is 1. The lowest BCUT2D eigenvalue weighted by molar-refractivity contribution is -0.113. The molecule has 6 nitrogen and oxygen atoms in total. The van der Waals surface area contributed by atoms with E-state index < -0.39 is 0 Å². The standard InChI is InChI=1S/C18H15N5OS3/c1-11-8-12(2)21-17(20-11)26-10-15(24)22-16-14(9-19)27-18(25)23(16)13-6-4-3-5-7-13/h3-8H,10H2,1-2H3,(H,22,24).